The van der Waals surface area contributed by atoms with Gasteiger partial charge in [0.1, 0.15) is 0 Å². The zero-order valence-corrected chi connectivity index (χ0v) is 27.6. The first-order valence-corrected chi connectivity index (χ1v) is 17.3. The van der Waals surface area contributed by atoms with Crippen molar-refractivity contribution in [3.05, 3.63) is 228 Å². The van der Waals surface area contributed by atoms with Crippen LogP contribution < -0.4 is 10.6 Å². The summed E-state index contributed by atoms with van der Waals surface area (Å²) in [5.41, 5.74) is 14.5. The monoisotopic (exact) mass is 640 g/mol. The van der Waals surface area contributed by atoms with Crippen molar-refractivity contribution in [2.24, 2.45) is 0 Å². The number of anilines is 1. The second-order valence-electron chi connectivity index (χ2n) is 13.1. The van der Waals surface area contributed by atoms with Crippen molar-refractivity contribution in [3.8, 4) is 11.1 Å². The molecule has 0 saturated carbocycles. The number of dihydropyridines is 1. The molecule has 2 heteroatoms. The molecule has 2 heterocycles. The maximum absolute atomic E-state index is 3.86. The van der Waals surface area contributed by atoms with Gasteiger partial charge >= 0.3 is 0 Å². The molecule has 0 aromatic heterocycles. The Morgan fingerprint density at radius 3 is 1.66 bits per heavy atom. The Labute approximate surface area is 293 Å². The lowest BCUT2D eigenvalue weighted by molar-refractivity contribution is 0.767. The van der Waals surface area contributed by atoms with Crippen molar-refractivity contribution in [3.63, 3.8) is 0 Å². The maximum Gasteiger partial charge on any atom is 0.0707 e. The van der Waals surface area contributed by atoms with Gasteiger partial charge in [-0.2, -0.15) is 0 Å². The highest BCUT2D eigenvalue weighted by Gasteiger charge is 2.24. The minimum Gasteiger partial charge on any atom is -0.374 e. The molecule has 238 valence electrons. The summed E-state index contributed by atoms with van der Waals surface area (Å²) in [4.78, 5) is 0. The van der Waals surface area contributed by atoms with Crippen LogP contribution in [-0.2, 0) is 0 Å². The van der Waals surface area contributed by atoms with Gasteiger partial charge in [0.2, 0.25) is 0 Å². The van der Waals surface area contributed by atoms with Crippen molar-refractivity contribution in [2.45, 2.75) is 12.1 Å². The zero-order valence-electron chi connectivity index (χ0n) is 27.6. The minimum atomic E-state index is 0.0673. The lowest BCUT2D eigenvalue weighted by atomic mass is 9.85. The molecule has 0 aliphatic carbocycles. The summed E-state index contributed by atoms with van der Waals surface area (Å²) in [6, 6.07) is 63.3. The topological polar surface area (TPSA) is 24.1 Å². The molecular formula is C48H36N2. The summed E-state index contributed by atoms with van der Waals surface area (Å²) in [6.07, 6.45) is 7.03. The Bertz CT molecular complexity index is 2410. The Hall–Kier alpha value is -6.38. The van der Waals surface area contributed by atoms with Crippen LogP contribution in [0.1, 0.15) is 45.5 Å². The number of fused-ring (bicyclic) bond motifs is 3. The molecule has 0 saturated heterocycles. The highest BCUT2D eigenvalue weighted by molar-refractivity contribution is 6.05. The van der Waals surface area contributed by atoms with Gasteiger partial charge in [0.15, 0.2) is 0 Å². The lowest BCUT2D eigenvalue weighted by Crippen LogP contribution is -2.21. The van der Waals surface area contributed by atoms with Crippen LogP contribution >= 0.6 is 0 Å². The third-order valence-electron chi connectivity index (χ3n) is 9.91. The number of rotatable bonds is 6. The number of benzene rings is 7. The van der Waals surface area contributed by atoms with Crippen LogP contribution in [-0.4, -0.2) is 0 Å². The molecule has 7 aromatic rings. The average Bonchev–Trinajstić information content (AvgIpc) is 3.21. The molecule has 0 spiro atoms. The summed E-state index contributed by atoms with van der Waals surface area (Å²) in [6.45, 7) is 0. The fourth-order valence-electron chi connectivity index (χ4n) is 7.38. The van der Waals surface area contributed by atoms with Crippen LogP contribution in [0, 0.1) is 0 Å². The standard InChI is InChI=1S/C48H36N2/c1-5-14-33(15-6-1)43-32-47(37-20-11-4-12-21-37)49-44-27-26-34-24-25-40(29-42(34)48(43)44)38-22-13-23-39(28-38)41-30-45(35-16-7-2-8-17-35)50-46(31-41)36-18-9-3-10-19-36/h1-32,45,47,49-50H. The summed E-state index contributed by atoms with van der Waals surface area (Å²) in [7, 11) is 0. The third kappa shape index (κ3) is 5.71. The summed E-state index contributed by atoms with van der Waals surface area (Å²) < 4.78 is 0. The molecule has 9 rings (SSSR count). The molecule has 0 amide bonds. The van der Waals surface area contributed by atoms with Crippen LogP contribution in [0.5, 0.6) is 0 Å². The van der Waals surface area contributed by atoms with Gasteiger partial charge in [0, 0.05) is 16.9 Å². The molecule has 2 unspecified atom stereocenters. The van der Waals surface area contributed by atoms with Crippen molar-refractivity contribution in [1.82, 2.24) is 5.32 Å². The van der Waals surface area contributed by atoms with Gasteiger partial charge in [-0.25, -0.2) is 0 Å². The normalized spacial score (nSPS) is 16.7. The SMILES string of the molecule is C1=C(c2cccc(-c3ccc4ccc5c(c4c3)C(c3ccccc3)=CC(c3ccccc3)N5)c2)C=C(c2ccccc2)NC1c1ccccc1. The smallest absolute Gasteiger partial charge is 0.0707 e. The van der Waals surface area contributed by atoms with E-state index < -0.39 is 0 Å². The van der Waals surface area contributed by atoms with Gasteiger partial charge in [0.25, 0.3) is 0 Å². The van der Waals surface area contributed by atoms with E-state index >= 15 is 0 Å². The molecule has 50 heavy (non-hydrogen) atoms. The Morgan fingerprint density at radius 1 is 0.400 bits per heavy atom. The molecule has 0 fully saturated rings. The molecule has 0 radical (unpaired) electrons. The molecule has 2 N–H and O–H groups in total. The van der Waals surface area contributed by atoms with Crippen LogP contribution in [0.4, 0.5) is 5.69 Å². The van der Waals surface area contributed by atoms with E-state index in [1.807, 2.05) is 0 Å². The molecule has 7 aromatic carbocycles. The fraction of sp³-hybridized carbons (Fsp3) is 0.0417. The van der Waals surface area contributed by atoms with E-state index in [1.165, 1.54) is 66.4 Å². The summed E-state index contributed by atoms with van der Waals surface area (Å²) in [5.74, 6) is 0. The first kappa shape index (κ1) is 29.7. The lowest BCUT2D eigenvalue weighted by Gasteiger charge is -2.28. The first-order valence-electron chi connectivity index (χ1n) is 17.3. The predicted octanol–water partition coefficient (Wildman–Crippen LogP) is 11.9. The van der Waals surface area contributed by atoms with Crippen LogP contribution in [0.3, 0.4) is 0 Å². The van der Waals surface area contributed by atoms with E-state index in [9.17, 15) is 0 Å². The van der Waals surface area contributed by atoms with Gasteiger partial charge in [-0.05, 0) is 97.3 Å². The fourth-order valence-corrected chi connectivity index (χ4v) is 7.38. The van der Waals surface area contributed by atoms with E-state index in [0.717, 1.165) is 11.4 Å². The van der Waals surface area contributed by atoms with Crippen LogP contribution in [0.15, 0.2) is 194 Å². The predicted molar refractivity (Wildman–Crippen MR) is 210 cm³/mol. The molecule has 2 aliphatic heterocycles. The first-order chi connectivity index (χ1) is 24.8. The largest absolute Gasteiger partial charge is 0.374 e. The molecule has 2 aliphatic rings. The van der Waals surface area contributed by atoms with E-state index in [2.05, 4.69) is 205 Å². The molecule has 2 nitrogen and oxygen atoms in total. The summed E-state index contributed by atoms with van der Waals surface area (Å²) in [5, 5.41) is 10.1. The van der Waals surface area contributed by atoms with E-state index in [0.29, 0.717) is 0 Å². The van der Waals surface area contributed by atoms with Crippen molar-refractivity contribution >= 4 is 33.3 Å². The number of allylic oxidation sites excluding steroid dienone is 2. The molecular weight excluding hydrogens is 605 g/mol. The number of hydrogen-bond donors (Lipinski definition) is 2. The molecule has 2 atom stereocenters. The van der Waals surface area contributed by atoms with Gasteiger partial charge in [-0.15, -0.1) is 0 Å². The van der Waals surface area contributed by atoms with E-state index in [4.69, 9.17) is 0 Å². The zero-order chi connectivity index (χ0) is 33.3. The quantitative estimate of drug-likeness (QED) is 0.189. The second-order valence-corrected chi connectivity index (χ2v) is 13.1. The van der Waals surface area contributed by atoms with E-state index in [1.54, 1.807) is 0 Å². The Balaban J connectivity index is 1.15. The van der Waals surface area contributed by atoms with Crippen molar-refractivity contribution in [2.75, 3.05) is 5.32 Å². The van der Waals surface area contributed by atoms with Gasteiger partial charge in [-0.1, -0.05) is 158 Å². The number of nitrogens with one attached hydrogen (secondary N) is 2. The van der Waals surface area contributed by atoms with Gasteiger partial charge < -0.3 is 10.6 Å². The van der Waals surface area contributed by atoms with E-state index in [-0.39, 0.29) is 12.1 Å². The molecule has 0 bridgehead atoms. The second kappa shape index (κ2) is 12.9. The highest BCUT2D eigenvalue weighted by Crippen LogP contribution is 2.43. The summed E-state index contributed by atoms with van der Waals surface area (Å²) >= 11 is 0. The average molecular weight is 641 g/mol. The minimum absolute atomic E-state index is 0.0673. The Morgan fingerprint density at radius 2 is 0.960 bits per heavy atom. The van der Waals surface area contributed by atoms with Crippen LogP contribution in [0.25, 0.3) is 38.7 Å². The van der Waals surface area contributed by atoms with Crippen LogP contribution in [0.2, 0.25) is 0 Å². The van der Waals surface area contributed by atoms with Crippen molar-refractivity contribution in [1.29, 1.82) is 0 Å². The maximum atomic E-state index is 3.86. The van der Waals surface area contributed by atoms with Gasteiger partial charge in [0.05, 0.1) is 12.1 Å². The highest BCUT2D eigenvalue weighted by atomic mass is 14.9. The number of hydrogen-bond acceptors (Lipinski definition) is 2. The van der Waals surface area contributed by atoms with Gasteiger partial charge in [-0.3, -0.25) is 0 Å². The Kier molecular flexibility index (Phi) is 7.68. The van der Waals surface area contributed by atoms with Crippen molar-refractivity contribution < 1.29 is 0 Å². The third-order valence-corrected chi connectivity index (χ3v) is 9.91.